The first-order chi connectivity index (χ1) is 6.86. The van der Waals surface area contributed by atoms with Crippen LogP contribution < -0.4 is 0 Å². The van der Waals surface area contributed by atoms with Gasteiger partial charge in [-0.05, 0) is 11.6 Å². The van der Waals surface area contributed by atoms with Crippen LogP contribution in [0.3, 0.4) is 0 Å². The Hall–Kier alpha value is -0.580. The van der Waals surface area contributed by atoms with E-state index in [1.807, 2.05) is 17.5 Å². The lowest BCUT2D eigenvalue weighted by Crippen LogP contribution is -1.84. The van der Waals surface area contributed by atoms with Gasteiger partial charge < -0.3 is 0 Å². The van der Waals surface area contributed by atoms with Gasteiger partial charge in [0.1, 0.15) is 9.49 Å². The van der Waals surface area contributed by atoms with Gasteiger partial charge in [-0.3, -0.25) is 0 Å². The molecular weight excluding hydrogens is 236 g/mol. The quantitative estimate of drug-likeness (QED) is 0.609. The Morgan fingerprint density at radius 1 is 1.36 bits per heavy atom. The molecule has 0 atom stereocenters. The SMILES string of the molecule is Clc1ncccc1CSc1nccs1. The van der Waals surface area contributed by atoms with E-state index >= 15 is 0 Å². The number of halogens is 1. The molecule has 2 aromatic rings. The van der Waals surface area contributed by atoms with Gasteiger partial charge in [0.05, 0.1) is 0 Å². The number of pyridine rings is 1. The van der Waals surface area contributed by atoms with E-state index in [2.05, 4.69) is 9.97 Å². The van der Waals surface area contributed by atoms with Crippen LogP contribution in [0.1, 0.15) is 5.56 Å². The fourth-order valence-electron chi connectivity index (χ4n) is 0.948. The van der Waals surface area contributed by atoms with Gasteiger partial charge in [0, 0.05) is 23.5 Å². The summed E-state index contributed by atoms with van der Waals surface area (Å²) in [7, 11) is 0. The largest absolute Gasteiger partial charge is 0.244 e. The van der Waals surface area contributed by atoms with E-state index in [-0.39, 0.29) is 0 Å². The molecule has 0 aliphatic rings. The number of hydrogen-bond acceptors (Lipinski definition) is 4. The third kappa shape index (κ3) is 2.47. The zero-order valence-corrected chi connectivity index (χ0v) is 9.57. The van der Waals surface area contributed by atoms with Crippen LogP contribution >= 0.6 is 34.7 Å². The zero-order valence-electron chi connectivity index (χ0n) is 7.18. The van der Waals surface area contributed by atoms with Crippen molar-refractivity contribution >= 4 is 34.7 Å². The highest BCUT2D eigenvalue weighted by Gasteiger charge is 2.02. The minimum absolute atomic E-state index is 0.580. The standard InChI is InChI=1S/C9H7ClN2S2/c10-8-7(2-1-3-11-8)6-14-9-12-4-5-13-9/h1-5H,6H2. The van der Waals surface area contributed by atoms with Crippen LogP contribution in [0.5, 0.6) is 0 Å². The molecule has 14 heavy (non-hydrogen) atoms. The maximum Gasteiger partial charge on any atom is 0.150 e. The summed E-state index contributed by atoms with van der Waals surface area (Å²) >= 11 is 9.24. The number of aromatic nitrogens is 2. The first-order valence-corrected chi connectivity index (χ1v) is 6.22. The summed E-state index contributed by atoms with van der Waals surface area (Å²) in [5, 5.41) is 2.55. The van der Waals surface area contributed by atoms with Crippen molar-refractivity contribution in [2.45, 2.75) is 10.1 Å². The maximum atomic E-state index is 5.92. The molecule has 0 bridgehead atoms. The zero-order chi connectivity index (χ0) is 9.80. The van der Waals surface area contributed by atoms with Crippen LogP contribution in [0.4, 0.5) is 0 Å². The molecule has 0 radical (unpaired) electrons. The highest BCUT2D eigenvalue weighted by Crippen LogP contribution is 2.26. The van der Waals surface area contributed by atoms with Gasteiger partial charge in [0.15, 0.2) is 0 Å². The Kier molecular flexibility index (Phi) is 3.39. The normalized spacial score (nSPS) is 10.4. The highest BCUT2D eigenvalue weighted by atomic mass is 35.5. The first kappa shape index (κ1) is 9.96. The van der Waals surface area contributed by atoms with Crippen LogP contribution in [0.2, 0.25) is 5.15 Å². The summed E-state index contributed by atoms with van der Waals surface area (Å²) in [6.07, 6.45) is 3.50. The highest BCUT2D eigenvalue weighted by molar-refractivity contribution is 8.00. The van der Waals surface area contributed by atoms with Gasteiger partial charge in [-0.2, -0.15) is 0 Å². The molecule has 72 valence electrons. The van der Waals surface area contributed by atoms with Gasteiger partial charge in [0.25, 0.3) is 0 Å². The van der Waals surface area contributed by atoms with E-state index in [1.165, 1.54) is 0 Å². The van der Waals surface area contributed by atoms with Crippen molar-refractivity contribution in [3.63, 3.8) is 0 Å². The molecule has 2 aromatic heterocycles. The molecule has 0 amide bonds. The second-order valence-corrected chi connectivity index (χ2v) is 5.02. The van der Waals surface area contributed by atoms with Crippen LogP contribution in [0, 0.1) is 0 Å². The third-order valence-electron chi connectivity index (χ3n) is 1.60. The number of hydrogen-bond donors (Lipinski definition) is 0. The van der Waals surface area contributed by atoms with Crippen molar-refractivity contribution in [3.8, 4) is 0 Å². The molecule has 2 rings (SSSR count). The van der Waals surface area contributed by atoms with Crippen molar-refractivity contribution in [1.29, 1.82) is 0 Å². The van der Waals surface area contributed by atoms with E-state index < -0.39 is 0 Å². The van der Waals surface area contributed by atoms with E-state index in [9.17, 15) is 0 Å². The van der Waals surface area contributed by atoms with Crippen molar-refractivity contribution < 1.29 is 0 Å². The molecule has 2 nitrogen and oxygen atoms in total. The first-order valence-electron chi connectivity index (χ1n) is 3.98. The minimum atomic E-state index is 0.580. The van der Waals surface area contributed by atoms with Gasteiger partial charge in [-0.25, -0.2) is 9.97 Å². The lowest BCUT2D eigenvalue weighted by Gasteiger charge is -1.99. The lowest BCUT2D eigenvalue weighted by atomic mass is 10.3. The average molecular weight is 243 g/mol. The molecule has 0 unspecified atom stereocenters. The molecule has 0 saturated carbocycles. The summed E-state index contributed by atoms with van der Waals surface area (Å²) in [5.74, 6) is 0.820. The smallest absolute Gasteiger partial charge is 0.150 e. The predicted octanol–water partition coefficient (Wildman–Crippen LogP) is 3.48. The van der Waals surface area contributed by atoms with Crippen molar-refractivity contribution in [2.75, 3.05) is 0 Å². The summed E-state index contributed by atoms with van der Waals surface area (Å²) in [5.41, 5.74) is 1.05. The Morgan fingerprint density at radius 2 is 2.29 bits per heavy atom. The predicted molar refractivity (Wildman–Crippen MR) is 60.9 cm³/mol. The number of rotatable bonds is 3. The topological polar surface area (TPSA) is 25.8 Å². The Labute approximate surface area is 95.4 Å². The molecule has 0 spiro atoms. The molecule has 2 heterocycles. The molecule has 0 aromatic carbocycles. The van der Waals surface area contributed by atoms with E-state index in [0.29, 0.717) is 5.15 Å². The fourth-order valence-corrected chi connectivity index (χ4v) is 2.84. The minimum Gasteiger partial charge on any atom is -0.244 e. The Bertz CT molecular complexity index is 403. The van der Waals surface area contributed by atoms with Gasteiger partial charge in [-0.1, -0.05) is 29.4 Å². The van der Waals surface area contributed by atoms with Crippen molar-refractivity contribution in [3.05, 3.63) is 40.6 Å². The maximum absolute atomic E-state index is 5.92. The van der Waals surface area contributed by atoms with Crippen LogP contribution in [-0.2, 0) is 5.75 Å². The van der Waals surface area contributed by atoms with E-state index in [0.717, 1.165) is 15.7 Å². The molecule has 0 saturated heterocycles. The summed E-state index contributed by atoms with van der Waals surface area (Å²) in [6, 6.07) is 3.87. The molecule has 0 aliphatic heterocycles. The van der Waals surface area contributed by atoms with Crippen LogP contribution in [0.25, 0.3) is 0 Å². The summed E-state index contributed by atoms with van der Waals surface area (Å²) in [6.45, 7) is 0. The Morgan fingerprint density at radius 3 is 3.00 bits per heavy atom. The molecular formula is C9H7ClN2S2. The second kappa shape index (κ2) is 4.77. The molecule has 0 aliphatic carbocycles. The summed E-state index contributed by atoms with van der Waals surface area (Å²) in [4.78, 5) is 8.19. The van der Waals surface area contributed by atoms with Gasteiger partial charge in [0.2, 0.25) is 0 Å². The summed E-state index contributed by atoms with van der Waals surface area (Å²) < 4.78 is 1.06. The van der Waals surface area contributed by atoms with Crippen molar-refractivity contribution in [1.82, 2.24) is 9.97 Å². The second-order valence-electron chi connectivity index (χ2n) is 2.54. The molecule has 5 heteroatoms. The monoisotopic (exact) mass is 242 g/mol. The van der Waals surface area contributed by atoms with Gasteiger partial charge in [-0.15, -0.1) is 11.3 Å². The van der Waals surface area contributed by atoms with Crippen LogP contribution in [0.15, 0.2) is 34.2 Å². The number of thiazole rings is 1. The third-order valence-corrected chi connectivity index (χ3v) is 3.95. The average Bonchev–Trinajstić information content (AvgIpc) is 2.69. The lowest BCUT2D eigenvalue weighted by molar-refractivity contribution is 1.22. The van der Waals surface area contributed by atoms with Crippen molar-refractivity contribution in [2.24, 2.45) is 0 Å². The van der Waals surface area contributed by atoms with Gasteiger partial charge >= 0.3 is 0 Å². The van der Waals surface area contributed by atoms with E-state index in [1.54, 1.807) is 35.5 Å². The van der Waals surface area contributed by atoms with E-state index in [4.69, 9.17) is 11.6 Å². The fraction of sp³-hybridized carbons (Fsp3) is 0.111. The van der Waals surface area contributed by atoms with Crippen LogP contribution in [-0.4, -0.2) is 9.97 Å². The number of thioether (sulfide) groups is 1. The molecule has 0 fully saturated rings. The Balaban J connectivity index is 2.02. The number of nitrogens with zero attached hydrogens (tertiary/aromatic N) is 2. The molecule has 0 N–H and O–H groups in total.